The molecular weight excluding hydrogens is 624 g/mol. The first-order valence-corrected chi connectivity index (χ1v) is 16.4. The zero-order valence-corrected chi connectivity index (χ0v) is 27.1. The number of rotatable bonds is 10. The Bertz CT molecular complexity index is 1910. The summed E-state index contributed by atoms with van der Waals surface area (Å²) in [5.41, 5.74) is 4.97. The molecule has 1 aliphatic rings. The Morgan fingerprint density at radius 3 is 2.63 bits per heavy atom. The average molecular weight is 655 g/mol. The number of hydrogen-bond acceptors (Lipinski definition) is 8. The lowest BCUT2D eigenvalue weighted by molar-refractivity contribution is -0.130. The van der Waals surface area contributed by atoms with Crippen molar-refractivity contribution in [3.05, 3.63) is 123 Å². The maximum Gasteiger partial charge on any atom is 0.253 e. The van der Waals surface area contributed by atoms with E-state index in [1.807, 2.05) is 54.1 Å². The van der Waals surface area contributed by atoms with Crippen LogP contribution in [-0.4, -0.2) is 50.2 Å². The van der Waals surface area contributed by atoms with Crippen LogP contribution in [0.15, 0.2) is 94.5 Å². The number of hydrogen-bond donors (Lipinski definition) is 1. The number of thiophene rings is 1. The summed E-state index contributed by atoms with van der Waals surface area (Å²) in [5, 5.41) is 20.5. The summed E-state index contributed by atoms with van der Waals surface area (Å²) in [6.45, 7) is 4.10. The molecule has 234 valence electrons. The van der Waals surface area contributed by atoms with Gasteiger partial charge in [0.25, 0.3) is 11.8 Å². The van der Waals surface area contributed by atoms with Gasteiger partial charge in [-0.15, -0.1) is 21.5 Å². The normalized spacial score (nSPS) is 14.3. The molecule has 0 aliphatic carbocycles. The number of nitrogens with one attached hydrogen (secondary N) is 1. The van der Waals surface area contributed by atoms with Crippen LogP contribution in [0.25, 0.3) is 5.69 Å². The van der Waals surface area contributed by atoms with Crippen LogP contribution in [0, 0.1) is 19.7 Å². The molecule has 12 heteroatoms. The van der Waals surface area contributed by atoms with E-state index in [9.17, 15) is 14.0 Å². The van der Waals surface area contributed by atoms with Gasteiger partial charge in [0.2, 0.25) is 0 Å². The Hall–Kier alpha value is -4.81. The smallest absolute Gasteiger partial charge is 0.253 e. The number of aryl methyl sites for hydroxylation is 2. The molecule has 5 aromatic rings. The van der Waals surface area contributed by atoms with Gasteiger partial charge in [0.05, 0.1) is 41.7 Å². The molecular formula is C34H31FN6O3S2. The number of nitrogens with zero attached hydrogens (tertiary/aromatic N) is 5. The van der Waals surface area contributed by atoms with Gasteiger partial charge in [0, 0.05) is 12.0 Å². The summed E-state index contributed by atoms with van der Waals surface area (Å²) in [6.07, 6.45) is 0.526. The van der Waals surface area contributed by atoms with Gasteiger partial charge >= 0.3 is 0 Å². The number of carbonyl (C=O) groups excluding carboxylic acids is 2. The second kappa shape index (κ2) is 13.7. The SMILES string of the molecule is COc1cccc(C(=O)NCc2nnc(SCC(=O)N3N=C(c4cccs4)C[C@@H]3c3ccc(F)cc3)n2-c2cc(C)ccc2C)c1. The van der Waals surface area contributed by atoms with Crippen molar-refractivity contribution < 1.29 is 18.7 Å². The zero-order valence-electron chi connectivity index (χ0n) is 25.4. The lowest BCUT2D eigenvalue weighted by atomic mass is 10.0. The summed E-state index contributed by atoms with van der Waals surface area (Å²) >= 11 is 2.81. The van der Waals surface area contributed by atoms with E-state index >= 15 is 0 Å². The van der Waals surface area contributed by atoms with E-state index in [0.29, 0.717) is 28.7 Å². The number of ether oxygens (including phenoxy) is 1. The number of methoxy groups -OCH3 is 1. The summed E-state index contributed by atoms with van der Waals surface area (Å²) < 4.78 is 20.9. The van der Waals surface area contributed by atoms with Gasteiger partial charge in [0.1, 0.15) is 11.6 Å². The Balaban J connectivity index is 1.25. The Labute approximate surface area is 274 Å². The zero-order chi connectivity index (χ0) is 32.2. The third-order valence-electron chi connectivity index (χ3n) is 7.60. The molecule has 0 radical (unpaired) electrons. The number of benzene rings is 3. The molecule has 1 N–H and O–H groups in total. The molecule has 46 heavy (non-hydrogen) atoms. The molecule has 0 fully saturated rings. The van der Waals surface area contributed by atoms with Crippen LogP contribution in [0.5, 0.6) is 5.75 Å². The Kier molecular flexibility index (Phi) is 9.27. The van der Waals surface area contributed by atoms with Gasteiger partial charge in [-0.3, -0.25) is 14.2 Å². The number of carbonyl (C=O) groups is 2. The molecule has 2 amide bonds. The minimum atomic E-state index is -0.356. The van der Waals surface area contributed by atoms with Crippen molar-refractivity contribution in [1.29, 1.82) is 0 Å². The highest BCUT2D eigenvalue weighted by Gasteiger charge is 2.34. The predicted octanol–water partition coefficient (Wildman–Crippen LogP) is 6.49. The molecule has 3 heterocycles. The van der Waals surface area contributed by atoms with Crippen molar-refractivity contribution in [2.45, 2.75) is 38.0 Å². The molecule has 3 aromatic carbocycles. The van der Waals surface area contributed by atoms with Gasteiger partial charge in [-0.05, 0) is 78.4 Å². The van der Waals surface area contributed by atoms with Gasteiger partial charge < -0.3 is 10.1 Å². The Morgan fingerprint density at radius 2 is 1.87 bits per heavy atom. The lowest BCUT2D eigenvalue weighted by Gasteiger charge is -2.22. The van der Waals surface area contributed by atoms with E-state index in [0.717, 1.165) is 33.0 Å². The fraction of sp³-hybridized carbons (Fsp3) is 0.206. The minimum Gasteiger partial charge on any atom is -0.497 e. The molecule has 0 saturated carbocycles. The average Bonchev–Trinajstić information content (AvgIpc) is 3.84. The van der Waals surface area contributed by atoms with E-state index in [1.165, 1.54) is 28.9 Å². The highest BCUT2D eigenvalue weighted by Crippen LogP contribution is 2.35. The highest BCUT2D eigenvalue weighted by atomic mass is 32.2. The minimum absolute atomic E-state index is 0.0398. The molecule has 6 rings (SSSR count). The summed E-state index contributed by atoms with van der Waals surface area (Å²) in [4.78, 5) is 27.8. The quantitative estimate of drug-likeness (QED) is 0.173. The fourth-order valence-corrected chi connectivity index (χ4v) is 6.74. The lowest BCUT2D eigenvalue weighted by Crippen LogP contribution is -2.28. The highest BCUT2D eigenvalue weighted by molar-refractivity contribution is 7.99. The van der Waals surface area contributed by atoms with Crippen LogP contribution >= 0.6 is 23.1 Å². The van der Waals surface area contributed by atoms with Crippen LogP contribution in [0.1, 0.15) is 50.2 Å². The standard InChI is InChI=1S/C34H31FN6O3S2/c1-21-9-10-22(2)28(16-21)40-31(19-36-33(43)24-6-4-7-26(17-24)44-3)37-38-34(40)46-20-32(42)41-29(23-11-13-25(35)14-12-23)18-27(39-41)30-8-5-15-45-30/h4-17,29H,18-20H2,1-3H3,(H,36,43)/t29-/m1/s1. The van der Waals surface area contributed by atoms with Gasteiger partial charge in [-0.1, -0.05) is 48.2 Å². The molecule has 0 saturated heterocycles. The second-order valence-electron chi connectivity index (χ2n) is 10.8. The van der Waals surface area contributed by atoms with Crippen molar-refractivity contribution in [2.24, 2.45) is 5.10 Å². The topological polar surface area (TPSA) is 102 Å². The Morgan fingerprint density at radius 1 is 1.04 bits per heavy atom. The van der Waals surface area contributed by atoms with Crippen molar-refractivity contribution in [2.75, 3.05) is 12.9 Å². The molecule has 0 unspecified atom stereocenters. The van der Waals surface area contributed by atoms with Crippen LogP contribution < -0.4 is 10.1 Å². The van der Waals surface area contributed by atoms with Gasteiger partial charge in [-0.25, -0.2) is 9.40 Å². The first-order valence-electron chi connectivity index (χ1n) is 14.6. The first-order chi connectivity index (χ1) is 22.3. The molecule has 0 spiro atoms. The van der Waals surface area contributed by atoms with Crippen molar-refractivity contribution in [3.8, 4) is 11.4 Å². The molecule has 1 atom stereocenters. The monoisotopic (exact) mass is 654 g/mol. The summed E-state index contributed by atoms with van der Waals surface area (Å²) in [7, 11) is 1.55. The number of amides is 2. The number of hydrazone groups is 1. The number of halogens is 1. The van der Waals surface area contributed by atoms with Gasteiger partial charge in [-0.2, -0.15) is 5.10 Å². The summed E-state index contributed by atoms with van der Waals surface area (Å²) in [6, 6.07) is 22.8. The maximum absolute atomic E-state index is 13.8. The maximum atomic E-state index is 13.8. The van der Waals surface area contributed by atoms with Crippen LogP contribution in [0.4, 0.5) is 4.39 Å². The fourth-order valence-electron chi connectivity index (χ4n) is 5.21. The van der Waals surface area contributed by atoms with Crippen molar-refractivity contribution >= 4 is 40.6 Å². The van der Waals surface area contributed by atoms with E-state index in [2.05, 4.69) is 15.5 Å². The first kappa shape index (κ1) is 31.2. The largest absolute Gasteiger partial charge is 0.497 e. The number of thioether (sulfide) groups is 1. The van der Waals surface area contributed by atoms with E-state index < -0.39 is 0 Å². The molecule has 1 aliphatic heterocycles. The van der Waals surface area contributed by atoms with E-state index in [4.69, 9.17) is 9.84 Å². The van der Waals surface area contributed by atoms with E-state index in [1.54, 1.807) is 54.8 Å². The molecule has 2 aromatic heterocycles. The van der Waals surface area contributed by atoms with Crippen LogP contribution in [-0.2, 0) is 11.3 Å². The third kappa shape index (κ3) is 6.73. The predicted molar refractivity (Wildman–Crippen MR) is 177 cm³/mol. The van der Waals surface area contributed by atoms with E-state index in [-0.39, 0.29) is 36.0 Å². The van der Waals surface area contributed by atoms with Crippen molar-refractivity contribution in [3.63, 3.8) is 0 Å². The van der Waals surface area contributed by atoms with Crippen molar-refractivity contribution in [1.82, 2.24) is 25.1 Å². The second-order valence-corrected chi connectivity index (χ2v) is 12.7. The molecule has 0 bridgehead atoms. The summed E-state index contributed by atoms with van der Waals surface area (Å²) in [5.74, 6) is 0.312. The van der Waals surface area contributed by atoms with Gasteiger partial charge in [0.15, 0.2) is 11.0 Å². The third-order valence-corrected chi connectivity index (χ3v) is 9.43. The van der Waals surface area contributed by atoms with Crippen LogP contribution in [0.3, 0.4) is 0 Å². The van der Waals surface area contributed by atoms with Crippen LogP contribution in [0.2, 0.25) is 0 Å². The molecule has 9 nitrogen and oxygen atoms in total. The number of aromatic nitrogens is 3.